The first-order valence-electron chi connectivity index (χ1n) is 5.35. The van der Waals surface area contributed by atoms with Gasteiger partial charge < -0.3 is 10.8 Å². The van der Waals surface area contributed by atoms with Gasteiger partial charge in [-0.05, 0) is 32.8 Å². The Kier molecular flexibility index (Phi) is 4.89. The van der Waals surface area contributed by atoms with Crippen molar-refractivity contribution in [2.75, 3.05) is 5.75 Å². The maximum Gasteiger partial charge on any atom is 0.320 e. The highest BCUT2D eigenvalue weighted by molar-refractivity contribution is 7.99. The molecule has 5 nitrogen and oxygen atoms in total. The molecule has 0 fully saturated rings. The number of nitrogens with two attached hydrogens (primary N) is 1. The molecule has 1 unspecified atom stereocenters. The van der Waals surface area contributed by atoms with Crippen LogP contribution in [0.5, 0.6) is 0 Å². The smallest absolute Gasteiger partial charge is 0.320 e. The van der Waals surface area contributed by atoms with Gasteiger partial charge in [0, 0.05) is 17.1 Å². The topological polar surface area (TPSA) is 89.1 Å². The summed E-state index contributed by atoms with van der Waals surface area (Å²) in [6.45, 7) is 5.87. The second kappa shape index (κ2) is 5.97. The molecule has 0 aliphatic heterocycles. The van der Waals surface area contributed by atoms with E-state index in [1.54, 1.807) is 0 Å². The minimum absolute atomic E-state index is 0.412. The lowest BCUT2D eigenvalue weighted by Crippen LogP contribution is -2.30. The number of hydrogen-bond acceptors (Lipinski definition) is 5. The van der Waals surface area contributed by atoms with E-state index in [1.807, 2.05) is 20.8 Å². The first-order chi connectivity index (χ1) is 7.91. The highest BCUT2D eigenvalue weighted by Gasteiger charge is 2.12. The number of aryl methyl sites for hydroxylation is 2. The largest absolute Gasteiger partial charge is 0.480 e. The number of carboxylic acid groups (broad SMARTS) is 1. The Hall–Kier alpha value is -1.14. The van der Waals surface area contributed by atoms with E-state index in [2.05, 4.69) is 9.97 Å². The van der Waals surface area contributed by atoms with Gasteiger partial charge in [0.1, 0.15) is 6.04 Å². The lowest BCUT2D eigenvalue weighted by molar-refractivity contribution is -0.138. The van der Waals surface area contributed by atoms with Crippen LogP contribution in [0, 0.1) is 20.8 Å². The molecule has 0 spiro atoms. The summed E-state index contributed by atoms with van der Waals surface area (Å²) in [5, 5.41) is 9.32. The molecular formula is C11H17N3O2S. The predicted molar refractivity (Wildman–Crippen MR) is 67.2 cm³/mol. The number of aliphatic carboxylic acids is 1. The van der Waals surface area contributed by atoms with Gasteiger partial charge in [-0.3, -0.25) is 4.79 Å². The Balaban J connectivity index is 2.56. The summed E-state index contributed by atoms with van der Waals surface area (Å²) >= 11 is 1.44. The summed E-state index contributed by atoms with van der Waals surface area (Å²) < 4.78 is 0. The molecule has 0 bridgehead atoms. The van der Waals surface area contributed by atoms with Gasteiger partial charge in [-0.1, -0.05) is 11.8 Å². The SMILES string of the molecule is Cc1nc(SCCC(N)C(=O)O)nc(C)c1C. The third kappa shape index (κ3) is 3.98. The fourth-order valence-electron chi connectivity index (χ4n) is 1.21. The number of thioether (sulfide) groups is 1. The van der Waals surface area contributed by atoms with Crippen LogP contribution in [-0.2, 0) is 4.79 Å². The number of nitrogens with zero attached hydrogens (tertiary/aromatic N) is 2. The average molecular weight is 255 g/mol. The van der Waals surface area contributed by atoms with Crippen molar-refractivity contribution in [2.45, 2.75) is 38.4 Å². The zero-order valence-corrected chi connectivity index (χ0v) is 11.0. The molecule has 0 saturated carbocycles. The van der Waals surface area contributed by atoms with Gasteiger partial charge in [0.25, 0.3) is 0 Å². The second-order valence-electron chi connectivity index (χ2n) is 3.88. The summed E-state index contributed by atoms with van der Waals surface area (Å²) in [6, 6.07) is -0.810. The van der Waals surface area contributed by atoms with E-state index in [-0.39, 0.29) is 0 Å². The van der Waals surface area contributed by atoms with E-state index >= 15 is 0 Å². The molecule has 1 heterocycles. The van der Waals surface area contributed by atoms with Gasteiger partial charge in [-0.25, -0.2) is 9.97 Å². The minimum atomic E-state index is -0.970. The van der Waals surface area contributed by atoms with Crippen molar-refractivity contribution in [1.82, 2.24) is 9.97 Å². The quantitative estimate of drug-likeness (QED) is 0.609. The first-order valence-corrected chi connectivity index (χ1v) is 6.33. The summed E-state index contributed by atoms with van der Waals surface area (Å²) in [4.78, 5) is 19.2. The van der Waals surface area contributed by atoms with Crippen molar-refractivity contribution in [1.29, 1.82) is 0 Å². The van der Waals surface area contributed by atoms with E-state index in [0.717, 1.165) is 17.0 Å². The fourth-order valence-corrected chi connectivity index (χ4v) is 2.16. The number of rotatable bonds is 5. The van der Waals surface area contributed by atoms with Crippen molar-refractivity contribution in [3.63, 3.8) is 0 Å². The Bertz CT molecular complexity index is 400. The molecule has 0 saturated heterocycles. The molecule has 94 valence electrons. The Labute approximate surface area is 105 Å². The Morgan fingerprint density at radius 2 is 1.88 bits per heavy atom. The van der Waals surface area contributed by atoms with Gasteiger partial charge in [-0.15, -0.1) is 0 Å². The predicted octanol–water partition coefficient (Wildman–Crippen LogP) is 1.30. The summed E-state index contributed by atoms with van der Waals surface area (Å²) in [5.41, 5.74) is 8.43. The zero-order valence-electron chi connectivity index (χ0n) is 10.2. The zero-order chi connectivity index (χ0) is 13.0. The molecule has 1 rings (SSSR count). The maximum atomic E-state index is 10.5. The van der Waals surface area contributed by atoms with Crippen LogP contribution in [0.25, 0.3) is 0 Å². The van der Waals surface area contributed by atoms with Gasteiger partial charge in [0.2, 0.25) is 0 Å². The highest BCUT2D eigenvalue weighted by Crippen LogP contribution is 2.18. The van der Waals surface area contributed by atoms with Crippen molar-refractivity contribution < 1.29 is 9.90 Å². The van der Waals surface area contributed by atoms with Crippen molar-refractivity contribution in [2.24, 2.45) is 5.73 Å². The van der Waals surface area contributed by atoms with E-state index < -0.39 is 12.0 Å². The second-order valence-corrected chi connectivity index (χ2v) is 4.95. The molecule has 0 radical (unpaired) electrons. The lowest BCUT2D eigenvalue weighted by atomic mass is 10.2. The van der Waals surface area contributed by atoms with Gasteiger partial charge >= 0.3 is 5.97 Å². The average Bonchev–Trinajstić information content (AvgIpc) is 2.25. The molecular weight excluding hydrogens is 238 g/mol. The third-order valence-electron chi connectivity index (χ3n) is 2.59. The van der Waals surface area contributed by atoms with Crippen LogP contribution in [0.3, 0.4) is 0 Å². The van der Waals surface area contributed by atoms with Gasteiger partial charge in [-0.2, -0.15) is 0 Å². The Morgan fingerprint density at radius 1 is 1.35 bits per heavy atom. The third-order valence-corrected chi connectivity index (χ3v) is 3.47. The molecule has 3 N–H and O–H groups in total. The van der Waals surface area contributed by atoms with Crippen molar-refractivity contribution >= 4 is 17.7 Å². The Morgan fingerprint density at radius 3 is 2.35 bits per heavy atom. The molecule has 1 aromatic rings. The normalized spacial score (nSPS) is 12.5. The number of carbonyl (C=O) groups is 1. The summed E-state index contributed by atoms with van der Waals surface area (Å²) in [6.07, 6.45) is 0.412. The maximum absolute atomic E-state index is 10.5. The molecule has 6 heteroatoms. The van der Waals surface area contributed by atoms with Crippen molar-refractivity contribution in [3.05, 3.63) is 17.0 Å². The van der Waals surface area contributed by atoms with E-state index in [4.69, 9.17) is 10.8 Å². The standard InChI is InChI=1S/C11H17N3O2S/c1-6-7(2)13-11(14-8(6)3)17-5-4-9(12)10(15)16/h9H,4-5,12H2,1-3H3,(H,15,16). The van der Waals surface area contributed by atoms with Crippen molar-refractivity contribution in [3.8, 4) is 0 Å². The molecule has 0 amide bonds. The monoisotopic (exact) mass is 255 g/mol. The summed E-state index contributed by atoms with van der Waals surface area (Å²) in [5.74, 6) is -0.363. The molecule has 0 aliphatic rings. The summed E-state index contributed by atoms with van der Waals surface area (Å²) in [7, 11) is 0. The van der Waals surface area contributed by atoms with Crippen LogP contribution in [0.4, 0.5) is 0 Å². The first kappa shape index (κ1) is 13.9. The lowest BCUT2D eigenvalue weighted by Gasteiger charge is -2.08. The van der Waals surface area contributed by atoms with Crippen LogP contribution in [0.2, 0.25) is 0 Å². The van der Waals surface area contributed by atoms with E-state index in [0.29, 0.717) is 17.3 Å². The van der Waals surface area contributed by atoms with Crippen LogP contribution < -0.4 is 5.73 Å². The van der Waals surface area contributed by atoms with Crippen LogP contribution in [0.15, 0.2) is 5.16 Å². The molecule has 1 atom stereocenters. The van der Waals surface area contributed by atoms with Crippen LogP contribution in [-0.4, -0.2) is 32.8 Å². The van der Waals surface area contributed by atoms with Gasteiger partial charge in [0.05, 0.1) is 0 Å². The molecule has 0 aliphatic carbocycles. The number of carboxylic acids is 1. The molecule has 1 aromatic heterocycles. The number of hydrogen-bond donors (Lipinski definition) is 2. The molecule has 0 aromatic carbocycles. The van der Waals surface area contributed by atoms with E-state index in [9.17, 15) is 4.79 Å². The molecule has 17 heavy (non-hydrogen) atoms. The highest BCUT2D eigenvalue weighted by atomic mass is 32.2. The number of aromatic nitrogens is 2. The fraction of sp³-hybridized carbons (Fsp3) is 0.545. The van der Waals surface area contributed by atoms with E-state index in [1.165, 1.54) is 11.8 Å². The van der Waals surface area contributed by atoms with Gasteiger partial charge in [0.15, 0.2) is 5.16 Å². The van der Waals surface area contributed by atoms with Crippen LogP contribution >= 0.6 is 11.8 Å². The minimum Gasteiger partial charge on any atom is -0.480 e. The van der Waals surface area contributed by atoms with Crippen LogP contribution in [0.1, 0.15) is 23.4 Å².